The molecule has 1 aliphatic rings. The molecule has 1 amide bonds. The van der Waals surface area contributed by atoms with Gasteiger partial charge in [0.25, 0.3) is 5.91 Å². The molecule has 11 heteroatoms. The van der Waals surface area contributed by atoms with Gasteiger partial charge in [0.05, 0.1) is 12.3 Å². The first-order valence-electron chi connectivity index (χ1n) is 7.33. The van der Waals surface area contributed by atoms with Crippen molar-refractivity contribution < 1.29 is 32.6 Å². The average molecular weight is 383 g/mol. The van der Waals surface area contributed by atoms with E-state index in [1.54, 1.807) is 7.11 Å². The third kappa shape index (κ3) is 6.16. The van der Waals surface area contributed by atoms with E-state index in [-0.39, 0.29) is 5.91 Å². The van der Waals surface area contributed by atoms with Crippen LogP contribution in [0.2, 0.25) is 0 Å². The molecule has 1 aromatic rings. The summed E-state index contributed by atoms with van der Waals surface area (Å²) in [6.45, 7) is 4.22. The zero-order chi connectivity index (χ0) is 19.2. The van der Waals surface area contributed by atoms with Crippen LogP contribution >= 0.6 is 11.3 Å². The average Bonchev–Trinajstić information content (AvgIpc) is 3.13. The first kappa shape index (κ1) is 21.2. The van der Waals surface area contributed by atoms with Crippen LogP contribution in [0.4, 0.5) is 18.3 Å². The van der Waals surface area contributed by atoms with Crippen molar-refractivity contribution in [2.24, 2.45) is 5.92 Å². The predicted molar refractivity (Wildman–Crippen MR) is 86.0 cm³/mol. The Morgan fingerprint density at radius 2 is 2.08 bits per heavy atom. The highest BCUT2D eigenvalue weighted by atomic mass is 32.1. The molecule has 2 rings (SSSR count). The molecule has 142 valence electrons. The van der Waals surface area contributed by atoms with Crippen molar-refractivity contribution in [3.8, 4) is 0 Å². The number of likely N-dealkylation sites (tertiary alicyclic amines) is 1. The summed E-state index contributed by atoms with van der Waals surface area (Å²) < 4.78 is 36.9. The SMILES string of the molecule is CNc1nc(C)c(C(=O)N2CCC(COC)C2)s1.O=C(O)C(F)(F)F. The van der Waals surface area contributed by atoms with Crippen LogP contribution in [-0.2, 0) is 9.53 Å². The van der Waals surface area contributed by atoms with Gasteiger partial charge in [0.15, 0.2) is 5.13 Å². The van der Waals surface area contributed by atoms with Crippen molar-refractivity contribution in [2.45, 2.75) is 19.5 Å². The highest BCUT2D eigenvalue weighted by Crippen LogP contribution is 2.26. The van der Waals surface area contributed by atoms with E-state index in [4.69, 9.17) is 14.6 Å². The molecule has 1 aromatic heterocycles. The Balaban J connectivity index is 0.000000381. The second kappa shape index (κ2) is 8.99. The van der Waals surface area contributed by atoms with Gasteiger partial charge in [-0.1, -0.05) is 11.3 Å². The molecule has 1 saturated heterocycles. The summed E-state index contributed by atoms with van der Waals surface area (Å²) in [6, 6.07) is 0. The minimum absolute atomic E-state index is 0.102. The number of methoxy groups -OCH3 is 1. The van der Waals surface area contributed by atoms with Crippen LogP contribution in [0.15, 0.2) is 0 Å². The molecule has 0 radical (unpaired) electrons. The van der Waals surface area contributed by atoms with Crippen LogP contribution in [0, 0.1) is 12.8 Å². The lowest BCUT2D eigenvalue weighted by molar-refractivity contribution is -0.192. The standard InChI is InChI=1S/C12H19N3O2S.C2HF3O2/c1-8-10(18-12(13-2)14-8)11(16)15-5-4-9(6-15)7-17-3;3-2(4,5)1(6)7/h9H,4-7H2,1-3H3,(H,13,14);(H,6,7). The number of ether oxygens (including phenoxy) is 1. The van der Waals surface area contributed by atoms with Crippen LogP contribution < -0.4 is 5.32 Å². The van der Waals surface area contributed by atoms with E-state index in [1.165, 1.54) is 11.3 Å². The van der Waals surface area contributed by atoms with E-state index < -0.39 is 12.1 Å². The Bertz CT molecular complexity index is 607. The second-order valence-electron chi connectivity index (χ2n) is 5.35. The molecule has 0 spiro atoms. The molecule has 25 heavy (non-hydrogen) atoms. The summed E-state index contributed by atoms with van der Waals surface area (Å²) in [5.74, 6) is -2.19. The number of aromatic nitrogens is 1. The molecular weight excluding hydrogens is 363 g/mol. The van der Waals surface area contributed by atoms with E-state index in [1.807, 2.05) is 18.9 Å². The molecule has 1 atom stereocenters. The number of aliphatic carboxylic acids is 1. The summed E-state index contributed by atoms with van der Waals surface area (Å²) in [5, 5.41) is 10.9. The number of nitrogens with zero attached hydrogens (tertiary/aromatic N) is 2. The molecule has 0 bridgehead atoms. The van der Waals surface area contributed by atoms with E-state index in [2.05, 4.69) is 10.3 Å². The fourth-order valence-corrected chi connectivity index (χ4v) is 3.12. The molecule has 2 N–H and O–H groups in total. The van der Waals surface area contributed by atoms with Gasteiger partial charge in [-0.3, -0.25) is 4.79 Å². The fraction of sp³-hybridized carbons (Fsp3) is 0.643. The van der Waals surface area contributed by atoms with Crippen molar-refractivity contribution in [3.63, 3.8) is 0 Å². The predicted octanol–water partition coefficient (Wildman–Crippen LogP) is 2.24. The lowest BCUT2D eigenvalue weighted by Gasteiger charge is -2.15. The Hall–Kier alpha value is -1.88. The number of anilines is 1. The zero-order valence-electron chi connectivity index (χ0n) is 14.0. The number of hydrogen-bond donors (Lipinski definition) is 2. The smallest absolute Gasteiger partial charge is 0.475 e. The molecule has 2 heterocycles. The normalized spacial score (nSPS) is 17.0. The Labute approximate surface area is 146 Å². The zero-order valence-corrected chi connectivity index (χ0v) is 14.8. The Morgan fingerprint density at radius 3 is 2.52 bits per heavy atom. The number of alkyl halides is 3. The largest absolute Gasteiger partial charge is 0.490 e. The van der Waals surface area contributed by atoms with E-state index in [9.17, 15) is 18.0 Å². The molecule has 0 aromatic carbocycles. The number of carbonyl (C=O) groups excluding carboxylic acids is 1. The maximum Gasteiger partial charge on any atom is 0.490 e. The number of carboxylic acids is 1. The molecule has 1 aliphatic heterocycles. The fourth-order valence-electron chi connectivity index (χ4n) is 2.23. The molecule has 1 unspecified atom stereocenters. The molecule has 1 fully saturated rings. The number of hydrogen-bond acceptors (Lipinski definition) is 6. The van der Waals surface area contributed by atoms with Gasteiger partial charge in [-0.25, -0.2) is 9.78 Å². The highest BCUT2D eigenvalue weighted by molar-refractivity contribution is 7.17. The van der Waals surface area contributed by atoms with Gasteiger partial charge in [-0.15, -0.1) is 0 Å². The van der Waals surface area contributed by atoms with Crippen LogP contribution in [-0.4, -0.2) is 66.9 Å². The first-order chi connectivity index (χ1) is 11.6. The number of amides is 1. The van der Waals surface area contributed by atoms with Gasteiger partial charge in [0.1, 0.15) is 4.88 Å². The minimum atomic E-state index is -5.08. The Morgan fingerprint density at radius 1 is 1.48 bits per heavy atom. The monoisotopic (exact) mass is 383 g/mol. The molecule has 7 nitrogen and oxygen atoms in total. The second-order valence-corrected chi connectivity index (χ2v) is 6.35. The number of carboxylic acid groups (broad SMARTS) is 1. The maximum atomic E-state index is 12.4. The third-order valence-electron chi connectivity index (χ3n) is 3.42. The number of halogens is 3. The van der Waals surface area contributed by atoms with E-state index >= 15 is 0 Å². The van der Waals surface area contributed by atoms with Gasteiger partial charge in [0, 0.05) is 33.2 Å². The molecule has 0 saturated carbocycles. The van der Waals surface area contributed by atoms with E-state index in [0.29, 0.717) is 5.92 Å². The van der Waals surface area contributed by atoms with Crippen LogP contribution in [0.3, 0.4) is 0 Å². The minimum Gasteiger partial charge on any atom is -0.475 e. The van der Waals surface area contributed by atoms with Crippen molar-refractivity contribution in [1.29, 1.82) is 0 Å². The number of nitrogens with one attached hydrogen (secondary N) is 1. The van der Waals surface area contributed by atoms with Crippen molar-refractivity contribution >= 4 is 28.3 Å². The summed E-state index contributed by atoms with van der Waals surface area (Å²) in [4.78, 5) is 28.2. The number of thiazole rings is 1. The highest BCUT2D eigenvalue weighted by Gasteiger charge is 2.38. The third-order valence-corrected chi connectivity index (χ3v) is 4.59. The quantitative estimate of drug-likeness (QED) is 0.829. The summed E-state index contributed by atoms with van der Waals surface area (Å²) in [5.41, 5.74) is 0.810. The molecular formula is C14H20F3N3O4S. The van der Waals surface area contributed by atoms with Gasteiger partial charge >= 0.3 is 12.1 Å². The number of carbonyl (C=O) groups is 2. The molecule has 0 aliphatic carbocycles. The van der Waals surface area contributed by atoms with Crippen molar-refractivity contribution in [1.82, 2.24) is 9.88 Å². The summed E-state index contributed by atoms with van der Waals surface area (Å²) >= 11 is 1.42. The van der Waals surface area contributed by atoms with Gasteiger partial charge in [-0.05, 0) is 13.3 Å². The number of rotatable bonds is 4. The van der Waals surface area contributed by atoms with Crippen LogP contribution in [0.25, 0.3) is 0 Å². The van der Waals surface area contributed by atoms with Gasteiger partial charge < -0.3 is 20.1 Å². The van der Waals surface area contributed by atoms with Gasteiger partial charge in [0.2, 0.25) is 0 Å². The maximum absolute atomic E-state index is 12.4. The Kier molecular flexibility index (Phi) is 7.61. The van der Waals surface area contributed by atoms with Gasteiger partial charge in [-0.2, -0.15) is 13.2 Å². The number of aryl methyl sites for hydroxylation is 1. The first-order valence-corrected chi connectivity index (χ1v) is 8.15. The summed E-state index contributed by atoms with van der Waals surface area (Å²) in [7, 11) is 3.52. The van der Waals surface area contributed by atoms with Crippen molar-refractivity contribution in [2.75, 3.05) is 39.2 Å². The van der Waals surface area contributed by atoms with E-state index in [0.717, 1.165) is 41.8 Å². The van der Waals surface area contributed by atoms with Crippen molar-refractivity contribution in [3.05, 3.63) is 10.6 Å². The van der Waals surface area contributed by atoms with Crippen LogP contribution in [0.1, 0.15) is 21.8 Å². The lowest BCUT2D eigenvalue weighted by atomic mass is 10.1. The topological polar surface area (TPSA) is 91.8 Å². The van der Waals surface area contributed by atoms with Crippen LogP contribution in [0.5, 0.6) is 0 Å². The lowest BCUT2D eigenvalue weighted by Crippen LogP contribution is -2.29. The summed E-state index contributed by atoms with van der Waals surface area (Å²) in [6.07, 6.45) is -4.06.